The molecule has 22 nitrogen and oxygen atoms in total. The summed E-state index contributed by atoms with van der Waals surface area (Å²) in [4.78, 5) is 50.4. The second kappa shape index (κ2) is 32.5. The van der Waals surface area contributed by atoms with Gasteiger partial charge in [0.2, 0.25) is 28.6 Å². The van der Waals surface area contributed by atoms with E-state index in [1.54, 1.807) is 60.4 Å². The van der Waals surface area contributed by atoms with Crippen LogP contribution in [0.5, 0.6) is 0 Å². The van der Waals surface area contributed by atoms with Crippen molar-refractivity contribution in [3.05, 3.63) is 290 Å². The van der Waals surface area contributed by atoms with Crippen LogP contribution >= 0.6 is 0 Å². The molecule has 25 rings (SSSR count). The highest BCUT2D eigenvalue weighted by Crippen LogP contribution is 2.55. The second-order valence-electron chi connectivity index (χ2n) is 34.3. The van der Waals surface area contributed by atoms with Gasteiger partial charge >= 0.3 is 0 Å². The Hall–Kier alpha value is -15.2. The van der Waals surface area contributed by atoms with E-state index < -0.39 is 57.4 Å². The molecule has 656 valence electrons. The molecule has 20 aromatic rings. The molecule has 0 amide bonds. The van der Waals surface area contributed by atoms with Crippen molar-refractivity contribution in [1.82, 2.24) is 34.9 Å². The molecule has 0 N–H and O–H groups in total. The summed E-state index contributed by atoms with van der Waals surface area (Å²) < 4.78 is 129. The quantitative estimate of drug-likeness (QED) is 0.140. The van der Waals surface area contributed by atoms with Crippen molar-refractivity contribution in [1.29, 1.82) is 0 Å². The topological polar surface area (TPSA) is 188 Å². The molecule has 0 saturated carbocycles. The molecule has 5 aliphatic heterocycles. The van der Waals surface area contributed by atoms with E-state index in [0.717, 1.165) is 161 Å². The summed E-state index contributed by atoms with van der Waals surface area (Å²) in [5.74, 6) is 1.45. The number of nitrogens with zero attached hydrogens (tertiary/aromatic N) is 17. The molecule has 0 spiro atoms. The predicted octanol–water partition coefficient (Wildman–Crippen LogP) is 27.2. The maximum absolute atomic E-state index is 8.80. The third kappa shape index (κ3) is 13.3. The van der Waals surface area contributed by atoms with Crippen LogP contribution in [0.4, 0.5) is 85.6 Å². The standard InChI is InChI=1S/2C23H23N3O.C22H22N4O.C21H19N3O.C20H18N4O/c2*1-14(2)25-16(4)26(20-10-6-5-9-19(20)25)21-15(3)11-12-17-18-8-7-13-24-23(18)27-22(17)21;1-13(2)25-15(4)26(21-18(25)8-6-11-23-21)19-14(3)9-10-16-17-7-5-12-24-22(17)27-20(16)19;1-13-10-11-15-16-7-6-12-22-21(16)25-20(15)19(13)24-14(2)23(3)17-8-4-5-9-18(17)24;1-12-8-9-14-15-6-4-11-22-20(15)25-18(14)17(12)24-13(2)23(3)16-7-5-10-21-19(16)24/h2*5-14,16H,1-4H3;5-13,15H,1-4H3;4-12,14H,1-3H3;4-11,13H,1-3H3/i1D3,14D;14D;13D;2*3D3. The number of aryl methyl sites for hydroxylation is 5. The number of fused-ring (bicyclic) bond motifs is 20. The van der Waals surface area contributed by atoms with E-state index in [4.69, 9.17) is 38.5 Å². The van der Waals surface area contributed by atoms with Crippen LogP contribution < -0.4 is 49.0 Å². The summed E-state index contributed by atoms with van der Waals surface area (Å²) in [5.41, 5.74) is 23.4. The molecule has 0 radical (unpaired) electrons. The summed E-state index contributed by atoms with van der Waals surface area (Å²) in [7, 11) is 0. The van der Waals surface area contributed by atoms with Crippen molar-refractivity contribution >= 4 is 196 Å². The lowest BCUT2D eigenvalue weighted by atomic mass is 10.1. The lowest BCUT2D eigenvalue weighted by Gasteiger charge is -2.33. The zero-order chi connectivity index (χ0) is 101. The van der Waals surface area contributed by atoms with Gasteiger partial charge in [-0.3, -0.25) is 0 Å². The lowest BCUT2D eigenvalue weighted by Crippen LogP contribution is -2.42. The third-order valence-corrected chi connectivity index (χ3v) is 25.9. The Morgan fingerprint density at radius 1 is 0.252 bits per heavy atom. The fraction of sp³-hybridized carbons (Fsp3) is 0.239. The van der Waals surface area contributed by atoms with Crippen LogP contribution in [0.2, 0.25) is 0 Å². The van der Waals surface area contributed by atoms with Gasteiger partial charge < -0.3 is 71.1 Å². The van der Waals surface area contributed by atoms with E-state index in [9.17, 15) is 0 Å². The highest BCUT2D eigenvalue weighted by molar-refractivity contribution is 6.15. The van der Waals surface area contributed by atoms with E-state index >= 15 is 0 Å². The minimum Gasteiger partial charge on any atom is -0.435 e. The molecule has 6 atom stereocenters. The van der Waals surface area contributed by atoms with Gasteiger partial charge in [-0.05, 0) is 260 Å². The number of rotatable bonds is 8. The minimum absolute atomic E-state index is 0.0182. The van der Waals surface area contributed by atoms with Crippen LogP contribution in [-0.4, -0.2) is 97.7 Å². The van der Waals surface area contributed by atoms with Crippen LogP contribution in [-0.2, 0) is 0 Å². The number of para-hydroxylation sites is 6. The SMILES string of the molecule is [2H]C(C)(C)N1c2ccccc2N(c2c(C)ccc3c2oc2ncccc23)C1C.[2H]C(C)(C)N1c2cccnc2N(c2c(C)ccc3c2oc2ncccc23)C1C.[2H]C([2H])([2H])C([2H])(C)N1c2ccccc2N(c2c(C)ccc3c2oc2ncccc23)C1C.[2H]C([2H])([2H])N1c2ccccc2N(c2c(C)ccc3c2oc2ncccc23)C1C.[2H]C([2H])([2H])N1c2cccnc2N(c2c(C)ccc3c2oc2ncccc23)C1C. The molecule has 17 heterocycles. The first-order valence-corrected chi connectivity index (χ1v) is 44.1. The van der Waals surface area contributed by atoms with Crippen LogP contribution in [0.15, 0.2) is 284 Å². The molecular formula is C109H105N17O5. The van der Waals surface area contributed by atoms with Gasteiger partial charge in [-0.25, -0.2) is 34.9 Å². The van der Waals surface area contributed by atoms with Crippen molar-refractivity contribution in [2.24, 2.45) is 0 Å². The summed E-state index contributed by atoms with van der Waals surface area (Å²) in [5, 5.41) is 9.82. The lowest BCUT2D eigenvalue weighted by molar-refractivity contribution is 0.601. The molecular weight excluding hydrogens is 1630 g/mol. The van der Waals surface area contributed by atoms with Crippen molar-refractivity contribution in [2.75, 3.05) is 63.0 Å². The summed E-state index contributed by atoms with van der Waals surface area (Å²) in [6, 6.07) is 67.9. The van der Waals surface area contributed by atoms with E-state index in [2.05, 4.69) is 134 Å². The van der Waals surface area contributed by atoms with Gasteiger partial charge in [0.05, 0.1) is 78.0 Å². The monoisotopic (exact) mass is 1740 g/mol. The molecule has 0 fully saturated rings. The summed E-state index contributed by atoms with van der Waals surface area (Å²) in [6.45, 7) is 22.3. The first kappa shape index (κ1) is 69.9. The van der Waals surface area contributed by atoms with Crippen LogP contribution in [0.1, 0.15) is 120 Å². The molecule has 0 saturated heterocycles. The maximum atomic E-state index is 8.80. The van der Waals surface area contributed by atoms with Gasteiger partial charge in [-0.1, -0.05) is 97.1 Å². The fourth-order valence-corrected chi connectivity index (χ4v) is 20.2. The average Bonchev–Trinajstić information content (AvgIpc) is 1.57. The van der Waals surface area contributed by atoms with E-state index in [-0.39, 0.29) is 12.3 Å². The van der Waals surface area contributed by atoms with E-state index in [1.165, 1.54) is 16.7 Å². The Kier molecular flexibility index (Phi) is 17.4. The minimum atomic E-state index is -2.49. The highest BCUT2D eigenvalue weighted by Gasteiger charge is 2.43. The Morgan fingerprint density at radius 3 is 0.840 bits per heavy atom. The molecule has 131 heavy (non-hydrogen) atoms. The molecule has 8 aromatic carbocycles. The highest BCUT2D eigenvalue weighted by atomic mass is 16.4. The normalized spacial score (nSPS) is 19.0. The van der Waals surface area contributed by atoms with Crippen LogP contribution in [0, 0.1) is 34.6 Å². The van der Waals surface area contributed by atoms with Gasteiger partial charge in [0.25, 0.3) is 0 Å². The number of hydrogen-bond acceptors (Lipinski definition) is 22. The smallest absolute Gasteiger partial charge is 0.227 e. The van der Waals surface area contributed by atoms with Crippen molar-refractivity contribution in [3.63, 3.8) is 0 Å². The second-order valence-corrected chi connectivity index (χ2v) is 34.3. The zero-order valence-electron chi connectivity index (χ0n) is 87.4. The molecule has 5 aliphatic rings. The average molecular weight is 1750 g/mol. The summed E-state index contributed by atoms with van der Waals surface area (Å²) >= 11 is 0. The Balaban J connectivity index is 0.000000106. The first-order valence-electron chi connectivity index (χ1n) is 50.1. The number of hydrogen-bond donors (Lipinski definition) is 0. The number of anilines is 15. The van der Waals surface area contributed by atoms with E-state index in [1.807, 2.05) is 238 Å². The third-order valence-electron chi connectivity index (χ3n) is 25.9. The Labute approximate surface area is 777 Å². The molecule has 12 aromatic heterocycles. The van der Waals surface area contributed by atoms with Gasteiger partial charge in [-0.2, -0.15) is 0 Å². The van der Waals surface area contributed by atoms with Gasteiger partial charge in [0.1, 0.15) is 30.8 Å². The first-order chi connectivity index (χ1) is 68.1. The van der Waals surface area contributed by atoms with Crippen LogP contribution in [0.25, 0.3) is 110 Å². The zero-order valence-corrected chi connectivity index (χ0v) is 75.4. The predicted molar refractivity (Wildman–Crippen MR) is 537 cm³/mol. The number of benzene rings is 8. The van der Waals surface area contributed by atoms with Crippen molar-refractivity contribution < 1.29 is 38.5 Å². The fourth-order valence-electron chi connectivity index (χ4n) is 20.2. The molecule has 0 aliphatic carbocycles. The molecule has 0 bridgehead atoms. The van der Waals surface area contributed by atoms with Gasteiger partial charge in [0, 0.05) is 142 Å². The van der Waals surface area contributed by atoms with Crippen LogP contribution in [0.3, 0.4) is 0 Å². The number of aromatic nitrogens is 7. The number of pyridine rings is 7. The molecule has 22 heteroatoms. The Bertz CT molecular complexity index is 7650. The van der Waals surface area contributed by atoms with E-state index in [0.29, 0.717) is 62.6 Å². The molecule has 6 unspecified atom stereocenters. The van der Waals surface area contributed by atoms with Gasteiger partial charge in [0.15, 0.2) is 39.6 Å². The van der Waals surface area contributed by atoms with Gasteiger partial charge in [-0.15, -0.1) is 0 Å². The van der Waals surface area contributed by atoms with Crippen molar-refractivity contribution in [3.8, 4) is 0 Å². The number of furan rings is 5. The summed E-state index contributed by atoms with van der Waals surface area (Å²) in [6.07, 6.45) is 10.7. The Morgan fingerprint density at radius 2 is 0.496 bits per heavy atom. The largest absolute Gasteiger partial charge is 0.435 e. The maximum Gasteiger partial charge on any atom is 0.227 e. The van der Waals surface area contributed by atoms with Crippen molar-refractivity contribution in [2.45, 2.75) is 160 Å².